The molecule has 2 aliphatic rings. The fourth-order valence-corrected chi connectivity index (χ4v) is 3.71. The van der Waals surface area contributed by atoms with E-state index in [1.54, 1.807) is 0 Å². The van der Waals surface area contributed by atoms with Gasteiger partial charge in [-0.05, 0) is 62.8 Å². The Bertz CT molecular complexity index is 213. The molecular formula is C15H30N2. The number of hydrogen-bond donors (Lipinski definition) is 2. The normalized spacial score (nSPS) is 32.8. The zero-order chi connectivity index (χ0) is 12.1. The number of nitrogens with one attached hydrogen (secondary N) is 1. The Morgan fingerprint density at radius 1 is 1.12 bits per heavy atom. The lowest BCUT2D eigenvalue weighted by atomic mass is 9.82. The predicted octanol–water partition coefficient (Wildman–Crippen LogP) is 3.06. The van der Waals surface area contributed by atoms with Crippen molar-refractivity contribution in [3.8, 4) is 0 Å². The van der Waals surface area contributed by atoms with Gasteiger partial charge in [-0.2, -0.15) is 0 Å². The van der Waals surface area contributed by atoms with E-state index in [-0.39, 0.29) is 0 Å². The Kier molecular flexibility index (Phi) is 4.87. The van der Waals surface area contributed by atoms with Gasteiger partial charge < -0.3 is 11.1 Å². The first kappa shape index (κ1) is 13.4. The van der Waals surface area contributed by atoms with Crippen molar-refractivity contribution in [1.29, 1.82) is 0 Å². The molecule has 0 aliphatic heterocycles. The predicted molar refractivity (Wildman–Crippen MR) is 74.0 cm³/mol. The fraction of sp³-hybridized carbons (Fsp3) is 1.00. The van der Waals surface area contributed by atoms with E-state index in [2.05, 4.69) is 12.2 Å². The van der Waals surface area contributed by atoms with Crippen molar-refractivity contribution in [2.75, 3.05) is 13.1 Å². The van der Waals surface area contributed by atoms with Crippen LogP contribution in [0.25, 0.3) is 0 Å². The van der Waals surface area contributed by atoms with E-state index in [4.69, 9.17) is 5.73 Å². The SMILES string of the molecule is CCC1(CNCC2CCC(N)CC2)CCCC1. The van der Waals surface area contributed by atoms with Gasteiger partial charge in [0.05, 0.1) is 0 Å². The molecule has 17 heavy (non-hydrogen) atoms. The van der Waals surface area contributed by atoms with Gasteiger partial charge in [0.1, 0.15) is 0 Å². The second-order valence-corrected chi connectivity index (χ2v) is 6.47. The van der Waals surface area contributed by atoms with Crippen LogP contribution < -0.4 is 11.1 Å². The third-order valence-electron chi connectivity index (χ3n) is 5.24. The standard InChI is InChI=1S/C15H30N2/c1-2-15(9-3-4-10-15)12-17-11-13-5-7-14(16)8-6-13/h13-14,17H,2-12,16H2,1H3. The maximum atomic E-state index is 5.95. The first-order valence-corrected chi connectivity index (χ1v) is 7.70. The van der Waals surface area contributed by atoms with Gasteiger partial charge in [-0.1, -0.05) is 19.8 Å². The summed E-state index contributed by atoms with van der Waals surface area (Å²) in [6.45, 7) is 4.85. The molecule has 0 aromatic carbocycles. The van der Waals surface area contributed by atoms with E-state index in [9.17, 15) is 0 Å². The minimum absolute atomic E-state index is 0.489. The van der Waals surface area contributed by atoms with Crippen LogP contribution in [-0.2, 0) is 0 Å². The largest absolute Gasteiger partial charge is 0.328 e. The van der Waals surface area contributed by atoms with Gasteiger partial charge in [-0.3, -0.25) is 0 Å². The summed E-state index contributed by atoms with van der Waals surface area (Å²) < 4.78 is 0. The number of hydrogen-bond acceptors (Lipinski definition) is 2. The highest BCUT2D eigenvalue weighted by Gasteiger charge is 2.31. The van der Waals surface area contributed by atoms with Crippen molar-refractivity contribution in [3.63, 3.8) is 0 Å². The third-order valence-corrected chi connectivity index (χ3v) is 5.24. The second kappa shape index (κ2) is 6.19. The Balaban J connectivity index is 1.65. The molecule has 2 fully saturated rings. The zero-order valence-electron chi connectivity index (χ0n) is 11.5. The van der Waals surface area contributed by atoms with Crippen LogP contribution in [0.1, 0.15) is 64.7 Å². The lowest BCUT2D eigenvalue weighted by Gasteiger charge is -2.31. The molecule has 0 aromatic heterocycles. The molecule has 2 saturated carbocycles. The van der Waals surface area contributed by atoms with Gasteiger partial charge in [0.15, 0.2) is 0 Å². The summed E-state index contributed by atoms with van der Waals surface area (Å²) in [6.07, 6.45) is 12.3. The summed E-state index contributed by atoms with van der Waals surface area (Å²) in [5.41, 5.74) is 6.59. The summed E-state index contributed by atoms with van der Waals surface area (Å²) in [5.74, 6) is 0.894. The first-order chi connectivity index (χ1) is 8.24. The molecule has 0 saturated heterocycles. The molecule has 100 valence electrons. The number of rotatable bonds is 5. The maximum absolute atomic E-state index is 5.95. The molecule has 0 amide bonds. The number of nitrogens with two attached hydrogens (primary N) is 1. The Labute approximate surface area is 107 Å². The van der Waals surface area contributed by atoms with Crippen LogP contribution in [0.2, 0.25) is 0 Å². The van der Waals surface area contributed by atoms with Gasteiger partial charge in [0, 0.05) is 12.6 Å². The Morgan fingerprint density at radius 3 is 2.35 bits per heavy atom. The molecule has 0 atom stereocenters. The highest BCUT2D eigenvalue weighted by molar-refractivity contribution is 4.86. The van der Waals surface area contributed by atoms with Crippen molar-refractivity contribution in [1.82, 2.24) is 5.32 Å². The molecule has 2 heteroatoms. The van der Waals surface area contributed by atoms with Crippen LogP contribution in [0.15, 0.2) is 0 Å². The van der Waals surface area contributed by atoms with Crippen molar-refractivity contribution in [2.24, 2.45) is 17.1 Å². The highest BCUT2D eigenvalue weighted by atomic mass is 14.9. The van der Waals surface area contributed by atoms with Crippen LogP contribution in [0.3, 0.4) is 0 Å². The highest BCUT2D eigenvalue weighted by Crippen LogP contribution is 2.40. The van der Waals surface area contributed by atoms with Crippen LogP contribution in [0.5, 0.6) is 0 Å². The molecule has 0 unspecified atom stereocenters. The Hall–Kier alpha value is -0.0800. The molecular weight excluding hydrogens is 208 g/mol. The van der Waals surface area contributed by atoms with Crippen molar-refractivity contribution in [3.05, 3.63) is 0 Å². The van der Waals surface area contributed by atoms with Crippen LogP contribution in [0, 0.1) is 11.3 Å². The maximum Gasteiger partial charge on any atom is 0.00390 e. The molecule has 0 radical (unpaired) electrons. The summed E-state index contributed by atoms with van der Waals surface area (Å²) in [7, 11) is 0. The summed E-state index contributed by atoms with van der Waals surface area (Å²) in [4.78, 5) is 0. The molecule has 2 rings (SSSR count). The molecule has 0 spiro atoms. The van der Waals surface area contributed by atoms with Crippen molar-refractivity contribution in [2.45, 2.75) is 70.8 Å². The van der Waals surface area contributed by atoms with E-state index >= 15 is 0 Å². The lowest BCUT2D eigenvalue weighted by Crippen LogP contribution is -2.36. The minimum Gasteiger partial charge on any atom is -0.328 e. The molecule has 0 aromatic rings. The smallest absolute Gasteiger partial charge is 0.00390 e. The van der Waals surface area contributed by atoms with Gasteiger partial charge in [-0.15, -0.1) is 0 Å². The molecule has 3 N–H and O–H groups in total. The second-order valence-electron chi connectivity index (χ2n) is 6.47. The van der Waals surface area contributed by atoms with Gasteiger partial charge >= 0.3 is 0 Å². The van der Waals surface area contributed by atoms with E-state index < -0.39 is 0 Å². The van der Waals surface area contributed by atoms with E-state index in [0.29, 0.717) is 11.5 Å². The first-order valence-electron chi connectivity index (χ1n) is 7.70. The van der Waals surface area contributed by atoms with E-state index in [0.717, 1.165) is 5.92 Å². The average molecular weight is 238 g/mol. The van der Waals surface area contributed by atoms with Gasteiger partial charge in [-0.25, -0.2) is 0 Å². The quantitative estimate of drug-likeness (QED) is 0.772. The minimum atomic E-state index is 0.489. The molecule has 2 aliphatic carbocycles. The zero-order valence-corrected chi connectivity index (χ0v) is 11.5. The average Bonchev–Trinajstić information content (AvgIpc) is 2.81. The van der Waals surface area contributed by atoms with Crippen LogP contribution >= 0.6 is 0 Å². The topological polar surface area (TPSA) is 38.0 Å². The molecule has 0 heterocycles. The molecule has 2 nitrogen and oxygen atoms in total. The lowest BCUT2D eigenvalue weighted by molar-refractivity contribution is 0.247. The van der Waals surface area contributed by atoms with Gasteiger partial charge in [0.25, 0.3) is 0 Å². The monoisotopic (exact) mass is 238 g/mol. The fourth-order valence-electron chi connectivity index (χ4n) is 3.71. The van der Waals surface area contributed by atoms with Gasteiger partial charge in [0.2, 0.25) is 0 Å². The van der Waals surface area contributed by atoms with E-state index in [1.807, 2.05) is 0 Å². The van der Waals surface area contributed by atoms with Crippen molar-refractivity contribution >= 4 is 0 Å². The summed E-state index contributed by atoms with van der Waals surface area (Å²) >= 11 is 0. The van der Waals surface area contributed by atoms with Crippen LogP contribution in [0.4, 0.5) is 0 Å². The van der Waals surface area contributed by atoms with Crippen molar-refractivity contribution < 1.29 is 0 Å². The summed E-state index contributed by atoms with van der Waals surface area (Å²) in [6, 6.07) is 0.489. The van der Waals surface area contributed by atoms with E-state index in [1.165, 1.54) is 70.9 Å². The Morgan fingerprint density at radius 2 is 1.76 bits per heavy atom. The molecule has 0 bridgehead atoms. The third kappa shape index (κ3) is 3.69. The van der Waals surface area contributed by atoms with Crippen LogP contribution in [-0.4, -0.2) is 19.1 Å². The summed E-state index contributed by atoms with van der Waals surface area (Å²) in [5, 5.41) is 3.76.